The van der Waals surface area contributed by atoms with Gasteiger partial charge in [-0.2, -0.15) is 5.10 Å². The molecule has 0 aromatic carbocycles. The lowest BCUT2D eigenvalue weighted by Crippen LogP contribution is -2.12. The maximum Gasteiger partial charge on any atom is 0.522 e. The molecule has 0 unspecified atom stereocenters. The van der Waals surface area contributed by atoms with Gasteiger partial charge in [-0.1, -0.05) is 0 Å². The number of alkyl halides is 3. The maximum atomic E-state index is 13.7. The molecule has 0 amide bonds. The molecule has 2 N–H and O–H groups in total. The molecule has 3 heterocycles. The lowest BCUT2D eigenvalue weighted by atomic mass is 10.5. The Morgan fingerprint density at radius 3 is 2.86 bits per heavy atom. The van der Waals surface area contributed by atoms with Crippen LogP contribution in [0.15, 0.2) is 24.7 Å². The van der Waals surface area contributed by atoms with E-state index < -0.39 is 18.8 Å². The standard InChI is InChI=1S/C11H8F4N6O/c12-7-3-16-10(19-8-1-2-17-20-8)21-4-6(18-9(7)21)5-22-11(13,14)15/h1-4H,5H2,(H2,16,17,19,20). The molecular formula is C11H8F4N6O. The summed E-state index contributed by atoms with van der Waals surface area (Å²) in [6, 6.07) is 1.60. The van der Waals surface area contributed by atoms with Crippen LogP contribution in [0.1, 0.15) is 5.69 Å². The Morgan fingerprint density at radius 2 is 2.18 bits per heavy atom. The fourth-order valence-corrected chi connectivity index (χ4v) is 1.76. The van der Waals surface area contributed by atoms with Crippen molar-refractivity contribution in [3.63, 3.8) is 0 Å². The number of imidazole rings is 1. The second-order valence-corrected chi connectivity index (χ2v) is 4.17. The Bertz CT molecular complexity index is 782. The van der Waals surface area contributed by atoms with E-state index in [1.807, 2.05) is 0 Å². The molecule has 11 heteroatoms. The van der Waals surface area contributed by atoms with Crippen LogP contribution in [0.3, 0.4) is 0 Å². The van der Waals surface area contributed by atoms with Crippen LogP contribution in [0.5, 0.6) is 0 Å². The molecule has 0 aliphatic rings. The first-order chi connectivity index (χ1) is 10.4. The number of aromatic amines is 1. The van der Waals surface area contributed by atoms with Crippen molar-refractivity contribution in [2.75, 3.05) is 5.32 Å². The van der Waals surface area contributed by atoms with Crippen molar-refractivity contribution >= 4 is 17.4 Å². The molecule has 0 spiro atoms. The van der Waals surface area contributed by atoms with Crippen molar-refractivity contribution < 1.29 is 22.3 Å². The lowest BCUT2D eigenvalue weighted by molar-refractivity contribution is -0.330. The fraction of sp³-hybridized carbons (Fsp3) is 0.182. The van der Waals surface area contributed by atoms with Crippen LogP contribution >= 0.6 is 0 Å². The van der Waals surface area contributed by atoms with Gasteiger partial charge in [0.15, 0.2) is 17.3 Å². The third-order valence-corrected chi connectivity index (χ3v) is 2.62. The zero-order valence-corrected chi connectivity index (χ0v) is 10.7. The van der Waals surface area contributed by atoms with Gasteiger partial charge >= 0.3 is 6.36 Å². The average Bonchev–Trinajstić information content (AvgIpc) is 3.08. The molecule has 0 radical (unpaired) electrons. The zero-order chi connectivity index (χ0) is 15.7. The predicted molar refractivity (Wildman–Crippen MR) is 65.7 cm³/mol. The number of hydrogen-bond acceptors (Lipinski definition) is 5. The van der Waals surface area contributed by atoms with Gasteiger partial charge < -0.3 is 5.32 Å². The second-order valence-electron chi connectivity index (χ2n) is 4.17. The van der Waals surface area contributed by atoms with Crippen molar-refractivity contribution in [1.29, 1.82) is 0 Å². The smallest absolute Gasteiger partial charge is 0.308 e. The number of halogens is 4. The molecular weight excluding hydrogens is 308 g/mol. The molecule has 0 saturated carbocycles. The molecule has 3 rings (SSSR count). The summed E-state index contributed by atoms with van der Waals surface area (Å²) in [5, 5.41) is 9.19. The van der Waals surface area contributed by atoms with E-state index in [1.165, 1.54) is 10.6 Å². The van der Waals surface area contributed by atoms with Crippen molar-refractivity contribution in [1.82, 2.24) is 24.6 Å². The third-order valence-electron chi connectivity index (χ3n) is 2.62. The molecule has 0 saturated heterocycles. The number of anilines is 2. The molecule has 7 nitrogen and oxygen atoms in total. The molecule has 0 bridgehead atoms. The van der Waals surface area contributed by atoms with Crippen LogP contribution in [-0.2, 0) is 11.3 Å². The molecule has 3 aromatic rings. The third kappa shape index (κ3) is 2.98. The fourth-order valence-electron chi connectivity index (χ4n) is 1.76. The highest BCUT2D eigenvalue weighted by Crippen LogP contribution is 2.21. The lowest BCUT2D eigenvalue weighted by Gasteiger charge is -2.05. The van der Waals surface area contributed by atoms with Crippen LogP contribution < -0.4 is 5.32 Å². The molecule has 0 fully saturated rings. The highest BCUT2D eigenvalue weighted by atomic mass is 19.4. The summed E-state index contributed by atoms with van der Waals surface area (Å²) in [7, 11) is 0. The Morgan fingerprint density at radius 1 is 1.36 bits per heavy atom. The van der Waals surface area contributed by atoms with Gasteiger partial charge in [0.25, 0.3) is 0 Å². The van der Waals surface area contributed by atoms with Gasteiger partial charge in [0, 0.05) is 18.5 Å². The molecule has 0 aliphatic carbocycles. The normalized spacial score (nSPS) is 12.0. The van der Waals surface area contributed by atoms with Gasteiger partial charge in [-0.3, -0.25) is 14.2 Å². The molecule has 116 valence electrons. The Labute approximate surface area is 119 Å². The van der Waals surface area contributed by atoms with Crippen molar-refractivity contribution in [3.05, 3.63) is 36.2 Å². The Balaban J connectivity index is 1.93. The Kier molecular flexibility index (Phi) is 3.41. The van der Waals surface area contributed by atoms with Crippen molar-refractivity contribution in [2.24, 2.45) is 0 Å². The summed E-state index contributed by atoms with van der Waals surface area (Å²) >= 11 is 0. The number of ether oxygens (including phenoxy) is 1. The monoisotopic (exact) mass is 316 g/mol. The summed E-state index contributed by atoms with van der Waals surface area (Å²) in [5.74, 6) is -0.220. The summed E-state index contributed by atoms with van der Waals surface area (Å²) in [6.07, 6.45) is -1.12. The molecule has 22 heavy (non-hydrogen) atoms. The SMILES string of the molecule is Fc1cnc(Nc2cc[nH]n2)n2cc(COC(F)(F)F)nc12. The number of hydrogen-bond donors (Lipinski definition) is 2. The van der Waals surface area contributed by atoms with E-state index in [4.69, 9.17) is 0 Å². The van der Waals surface area contributed by atoms with E-state index in [-0.39, 0.29) is 17.3 Å². The first kappa shape index (κ1) is 14.3. The van der Waals surface area contributed by atoms with E-state index in [2.05, 4.69) is 30.2 Å². The number of H-pyrrole nitrogens is 1. The van der Waals surface area contributed by atoms with E-state index in [9.17, 15) is 17.6 Å². The largest absolute Gasteiger partial charge is 0.522 e. The van der Waals surface area contributed by atoms with Crippen molar-refractivity contribution in [3.8, 4) is 0 Å². The zero-order valence-electron chi connectivity index (χ0n) is 10.7. The average molecular weight is 316 g/mol. The van der Waals surface area contributed by atoms with E-state index >= 15 is 0 Å². The van der Waals surface area contributed by atoms with E-state index in [0.717, 1.165) is 6.20 Å². The molecule has 0 atom stereocenters. The van der Waals surface area contributed by atoms with Crippen LogP contribution in [0.4, 0.5) is 29.3 Å². The highest BCUT2D eigenvalue weighted by Gasteiger charge is 2.29. The van der Waals surface area contributed by atoms with Crippen LogP contribution in [-0.4, -0.2) is 30.9 Å². The van der Waals surface area contributed by atoms with Crippen molar-refractivity contribution in [2.45, 2.75) is 13.0 Å². The van der Waals surface area contributed by atoms with Crippen LogP contribution in [0.25, 0.3) is 5.65 Å². The minimum atomic E-state index is -4.79. The minimum absolute atomic E-state index is 0.0886. The van der Waals surface area contributed by atoms with Gasteiger partial charge in [-0.25, -0.2) is 14.4 Å². The number of aromatic nitrogens is 5. The first-order valence-corrected chi connectivity index (χ1v) is 5.92. The number of rotatable bonds is 4. The van der Waals surface area contributed by atoms with Gasteiger partial charge in [0.05, 0.1) is 18.5 Å². The number of nitrogens with one attached hydrogen (secondary N) is 2. The van der Waals surface area contributed by atoms with E-state index in [0.29, 0.717) is 5.82 Å². The predicted octanol–water partition coefficient (Wildman–Crippen LogP) is 2.37. The first-order valence-electron chi connectivity index (χ1n) is 5.92. The highest BCUT2D eigenvalue weighted by molar-refractivity contribution is 5.53. The van der Waals surface area contributed by atoms with Gasteiger partial charge in [-0.05, 0) is 0 Å². The maximum absolute atomic E-state index is 13.7. The number of fused-ring (bicyclic) bond motifs is 1. The van der Waals surface area contributed by atoms with E-state index in [1.54, 1.807) is 12.3 Å². The Hall–Kier alpha value is -2.69. The van der Waals surface area contributed by atoms with Gasteiger partial charge in [-0.15, -0.1) is 13.2 Å². The topological polar surface area (TPSA) is 80.1 Å². The van der Waals surface area contributed by atoms with Gasteiger partial charge in [0.1, 0.15) is 0 Å². The quantitative estimate of drug-likeness (QED) is 0.722. The second kappa shape index (κ2) is 5.26. The summed E-state index contributed by atoms with van der Waals surface area (Å²) < 4.78 is 54.6. The van der Waals surface area contributed by atoms with Crippen LogP contribution in [0, 0.1) is 5.82 Å². The van der Waals surface area contributed by atoms with Crippen LogP contribution in [0.2, 0.25) is 0 Å². The van der Waals surface area contributed by atoms with Gasteiger partial charge in [0.2, 0.25) is 5.95 Å². The molecule has 3 aromatic heterocycles. The summed E-state index contributed by atoms with van der Waals surface area (Å²) in [4.78, 5) is 7.58. The minimum Gasteiger partial charge on any atom is -0.308 e. The number of nitrogens with zero attached hydrogens (tertiary/aromatic N) is 4. The summed E-state index contributed by atoms with van der Waals surface area (Å²) in [6.45, 7) is -0.827. The summed E-state index contributed by atoms with van der Waals surface area (Å²) in [5.41, 5.74) is -0.261. The molecule has 0 aliphatic heterocycles.